The van der Waals surface area contributed by atoms with E-state index in [9.17, 15) is 28.2 Å². The molecule has 2 aromatic carbocycles. The molecule has 288 valence electrons. The number of fused-ring (bicyclic) bond motifs is 1. The van der Waals surface area contributed by atoms with Crippen LogP contribution in [-0.4, -0.2) is 59.1 Å². The van der Waals surface area contributed by atoms with Crippen molar-refractivity contribution in [2.75, 3.05) is 27.4 Å². The van der Waals surface area contributed by atoms with Gasteiger partial charge in [-0.25, -0.2) is 4.98 Å². The van der Waals surface area contributed by atoms with E-state index in [1.54, 1.807) is 7.11 Å². The monoisotopic (exact) mass is 768 g/mol. The molecule has 2 atom stereocenters. The SMILES string of the molecule is CC[C@H](CCO)CNCc1ccc(-c2cccc(-c3cccc4c3CC[C@@H]4Oc3nc(OC)c(CNC4(C(=O)O)CC4)cc3C(F)(F)F)c2Cl)nc1OC. The minimum Gasteiger partial charge on any atom is -0.481 e. The summed E-state index contributed by atoms with van der Waals surface area (Å²) in [7, 11) is 2.86. The number of alkyl halides is 3. The number of carboxylic acids is 1. The van der Waals surface area contributed by atoms with Crippen LogP contribution < -0.4 is 24.8 Å². The zero-order chi connectivity index (χ0) is 38.6. The van der Waals surface area contributed by atoms with Gasteiger partial charge in [0.2, 0.25) is 17.6 Å². The molecule has 0 spiro atoms. The molecule has 6 rings (SSSR count). The first-order chi connectivity index (χ1) is 25.9. The third kappa shape index (κ3) is 8.29. The lowest BCUT2D eigenvalue weighted by Gasteiger charge is -2.21. The number of pyridine rings is 2. The Kier molecular flexibility index (Phi) is 12.0. The van der Waals surface area contributed by atoms with Gasteiger partial charge in [0.05, 0.1) is 24.9 Å². The van der Waals surface area contributed by atoms with Gasteiger partial charge in [0.15, 0.2) is 0 Å². The molecular weight excluding hydrogens is 725 g/mol. The summed E-state index contributed by atoms with van der Waals surface area (Å²) in [5.74, 6) is -0.906. The van der Waals surface area contributed by atoms with Crippen LogP contribution in [0.15, 0.2) is 54.6 Å². The number of hydrogen-bond acceptors (Lipinski definition) is 9. The molecule has 0 bridgehead atoms. The number of aliphatic hydroxyl groups excluding tert-OH is 1. The number of rotatable bonds is 17. The average Bonchev–Trinajstić information content (AvgIpc) is 3.86. The number of benzene rings is 2. The second-order valence-corrected chi connectivity index (χ2v) is 14.1. The van der Waals surface area contributed by atoms with Crippen LogP contribution in [0.1, 0.15) is 72.9 Å². The molecule has 0 saturated heterocycles. The minimum absolute atomic E-state index is 0.0751. The van der Waals surface area contributed by atoms with Crippen LogP contribution in [0, 0.1) is 5.92 Å². The van der Waals surface area contributed by atoms with Crippen molar-refractivity contribution < 1.29 is 42.4 Å². The topological polar surface area (TPSA) is 135 Å². The van der Waals surface area contributed by atoms with Gasteiger partial charge >= 0.3 is 12.1 Å². The fraction of sp³-hybridized carbons (Fsp3) is 0.425. The van der Waals surface area contributed by atoms with Crippen LogP contribution >= 0.6 is 11.6 Å². The van der Waals surface area contributed by atoms with Gasteiger partial charge in [-0.05, 0) is 73.4 Å². The summed E-state index contributed by atoms with van der Waals surface area (Å²) in [5.41, 5.74) is 3.27. The minimum atomic E-state index is -4.80. The third-order valence-corrected chi connectivity index (χ3v) is 10.7. The van der Waals surface area contributed by atoms with Gasteiger partial charge in [-0.15, -0.1) is 0 Å². The van der Waals surface area contributed by atoms with Crippen molar-refractivity contribution in [2.24, 2.45) is 5.92 Å². The molecule has 2 aliphatic rings. The van der Waals surface area contributed by atoms with Crippen LogP contribution in [0.4, 0.5) is 13.2 Å². The molecular formula is C40H44ClF3N4O6. The Bertz CT molecular complexity index is 1990. The summed E-state index contributed by atoms with van der Waals surface area (Å²) in [4.78, 5) is 20.6. The highest BCUT2D eigenvalue weighted by Gasteiger charge is 2.50. The van der Waals surface area contributed by atoms with E-state index in [1.807, 2.05) is 48.5 Å². The first-order valence-corrected chi connectivity index (χ1v) is 18.4. The molecule has 0 aliphatic heterocycles. The Balaban J connectivity index is 1.25. The Labute approximate surface area is 317 Å². The molecule has 14 heteroatoms. The molecule has 4 aromatic rings. The lowest BCUT2D eigenvalue weighted by molar-refractivity contribution is -0.141. The van der Waals surface area contributed by atoms with Crippen molar-refractivity contribution in [3.8, 4) is 40.0 Å². The number of hydrogen-bond donors (Lipinski definition) is 4. The van der Waals surface area contributed by atoms with Gasteiger partial charge in [-0.1, -0.05) is 67.4 Å². The lowest BCUT2D eigenvalue weighted by Crippen LogP contribution is -2.38. The Morgan fingerprint density at radius 2 is 1.69 bits per heavy atom. The maximum Gasteiger partial charge on any atom is 0.421 e. The van der Waals surface area contributed by atoms with E-state index >= 15 is 0 Å². The number of methoxy groups -OCH3 is 2. The predicted octanol–water partition coefficient (Wildman–Crippen LogP) is 7.77. The van der Waals surface area contributed by atoms with Gasteiger partial charge in [0.1, 0.15) is 17.2 Å². The number of nitrogens with one attached hydrogen (secondary N) is 2. The number of aliphatic hydroxyl groups is 1. The molecule has 2 aliphatic carbocycles. The molecule has 54 heavy (non-hydrogen) atoms. The van der Waals surface area contributed by atoms with E-state index in [0.29, 0.717) is 60.3 Å². The fourth-order valence-electron chi connectivity index (χ4n) is 7.01. The van der Waals surface area contributed by atoms with Crippen molar-refractivity contribution in [1.29, 1.82) is 0 Å². The Morgan fingerprint density at radius 3 is 2.35 bits per heavy atom. The van der Waals surface area contributed by atoms with Crippen molar-refractivity contribution in [3.63, 3.8) is 0 Å². The zero-order valence-electron chi connectivity index (χ0n) is 30.4. The maximum atomic E-state index is 14.4. The van der Waals surface area contributed by atoms with E-state index < -0.39 is 35.2 Å². The molecule has 1 saturated carbocycles. The van der Waals surface area contributed by atoms with Crippen molar-refractivity contribution >= 4 is 17.6 Å². The summed E-state index contributed by atoms with van der Waals surface area (Å²) < 4.78 is 60.4. The highest BCUT2D eigenvalue weighted by atomic mass is 35.5. The molecule has 0 unspecified atom stereocenters. The largest absolute Gasteiger partial charge is 0.481 e. The van der Waals surface area contributed by atoms with Crippen LogP contribution in [0.5, 0.6) is 17.6 Å². The van der Waals surface area contributed by atoms with E-state index in [0.717, 1.165) is 53.3 Å². The molecule has 0 radical (unpaired) electrons. The van der Waals surface area contributed by atoms with Gasteiger partial charge in [0.25, 0.3) is 0 Å². The summed E-state index contributed by atoms with van der Waals surface area (Å²) in [6.45, 7) is 3.40. The standard InChI is InChI=1S/C40H44ClF3N4O6/c1-4-23(15-18-49)20-45-21-24-11-13-32(47-35(24)52-2)30-10-6-9-29(34(30)41)26-7-5-8-28-27(26)12-14-33(28)54-37-31(40(42,43)44)19-25(36(48-37)53-3)22-46-39(16-17-39)38(50)51/h5-11,13,19,23,33,45-46,49H,4,12,14-18,20-22H2,1-3H3,(H,50,51)/t23-,33+/m1/s1. The van der Waals surface area contributed by atoms with E-state index in [2.05, 4.69) is 22.5 Å². The van der Waals surface area contributed by atoms with Crippen LogP contribution in [-0.2, 0) is 30.5 Å². The zero-order valence-corrected chi connectivity index (χ0v) is 31.1. The summed E-state index contributed by atoms with van der Waals surface area (Å²) in [5, 5.41) is 25.6. The van der Waals surface area contributed by atoms with Gasteiger partial charge in [-0.3, -0.25) is 10.1 Å². The first kappa shape index (κ1) is 39.3. The van der Waals surface area contributed by atoms with Crippen molar-refractivity contribution in [1.82, 2.24) is 20.6 Å². The number of aromatic nitrogens is 2. The number of nitrogens with zero attached hydrogens (tertiary/aromatic N) is 2. The van der Waals surface area contributed by atoms with E-state index in [-0.39, 0.29) is 24.6 Å². The maximum absolute atomic E-state index is 14.4. The third-order valence-electron chi connectivity index (χ3n) is 10.3. The first-order valence-electron chi connectivity index (χ1n) is 18.0. The normalized spacial score (nSPS) is 16.5. The number of ether oxygens (including phenoxy) is 3. The van der Waals surface area contributed by atoms with Crippen LogP contribution in [0.2, 0.25) is 5.02 Å². The van der Waals surface area contributed by atoms with Crippen LogP contribution in [0.25, 0.3) is 22.4 Å². The van der Waals surface area contributed by atoms with Gasteiger partial charge < -0.3 is 29.7 Å². The number of carbonyl (C=O) groups is 1. The summed E-state index contributed by atoms with van der Waals surface area (Å²) in [6, 6.07) is 16.0. The second-order valence-electron chi connectivity index (χ2n) is 13.7. The van der Waals surface area contributed by atoms with Crippen molar-refractivity contribution in [3.05, 3.63) is 87.4 Å². The summed E-state index contributed by atoms with van der Waals surface area (Å²) in [6.07, 6.45) is -2.12. The van der Waals surface area contributed by atoms with Crippen molar-refractivity contribution in [2.45, 2.75) is 76.4 Å². The molecule has 4 N–H and O–H groups in total. The van der Waals surface area contributed by atoms with Gasteiger partial charge in [-0.2, -0.15) is 18.2 Å². The second kappa shape index (κ2) is 16.5. The highest BCUT2D eigenvalue weighted by molar-refractivity contribution is 6.36. The van der Waals surface area contributed by atoms with Gasteiger partial charge in [0, 0.05) is 42.0 Å². The highest BCUT2D eigenvalue weighted by Crippen LogP contribution is 2.46. The number of carboxylic acid groups (broad SMARTS) is 1. The Hall–Kier alpha value is -4.43. The molecule has 1 fully saturated rings. The summed E-state index contributed by atoms with van der Waals surface area (Å²) >= 11 is 7.11. The van der Waals surface area contributed by atoms with Crippen LogP contribution in [0.3, 0.4) is 0 Å². The predicted molar refractivity (Wildman–Crippen MR) is 198 cm³/mol. The molecule has 2 heterocycles. The molecule has 10 nitrogen and oxygen atoms in total. The smallest absolute Gasteiger partial charge is 0.421 e. The van der Waals surface area contributed by atoms with E-state index in [4.69, 9.17) is 30.8 Å². The fourth-order valence-corrected chi connectivity index (χ4v) is 7.34. The quantitative estimate of drug-likeness (QED) is 0.0844. The number of halogens is 4. The lowest BCUT2D eigenvalue weighted by atomic mass is 9.94. The molecule has 2 aromatic heterocycles. The van der Waals surface area contributed by atoms with E-state index in [1.165, 1.54) is 7.11 Å². The Morgan fingerprint density at radius 1 is 0.981 bits per heavy atom. The number of aliphatic carboxylic acids is 1. The average molecular weight is 769 g/mol. The molecule has 0 amide bonds.